The smallest absolute Gasteiger partial charge is 0.0710 e. The molecule has 0 saturated carbocycles. The molecule has 0 unspecified atom stereocenters. The molecule has 0 atom stereocenters. The summed E-state index contributed by atoms with van der Waals surface area (Å²) < 4.78 is 2.13. The van der Waals surface area contributed by atoms with Crippen LogP contribution in [-0.2, 0) is 0 Å². The Morgan fingerprint density at radius 2 is 2.43 bits per heavy atom. The molecule has 0 aromatic carbocycles. The molecule has 0 aliphatic rings. The zero-order valence-corrected chi connectivity index (χ0v) is 6.69. The van der Waals surface area contributed by atoms with E-state index in [1.807, 2.05) is 11.4 Å². The summed E-state index contributed by atoms with van der Waals surface area (Å²) in [5.41, 5.74) is 0. The first-order valence-corrected chi connectivity index (χ1v) is 3.84. The van der Waals surface area contributed by atoms with Crippen molar-refractivity contribution >= 4 is 39.9 Å². The molecule has 0 fully saturated rings. The van der Waals surface area contributed by atoms with Crippen LogP contribution >= 0.6 is 39.9 Å². The molecule has 1 aromatic heterocycles. The summed E-state index contributed by atoms with van der Waals surface area (Å²) in [6.45, 7) is 0. The van der Waals surface area contributed by atoms with Crippen LogP contribution in [0.4, 0.5) is 0 Å². The van der Waals surface area contributed by atoms with Gasteiger partial charge in [-0.15, -0.1) is 24.0 Å². The Morgan fingerprint density at radius 1 is 1.71 bits per heavy atom. The highest BCUT2D eigenvalue weighted by atomic mass is 79.9. The standard InChI is InChI=1S/C4H3BrS2/c5-3-1-2-7-4(3)6/h1-2,6H. The molecule has 0 amide bonds. The first-order chi connectivity index (χ1) is 3.30. The molecular weight excluding hydrogens is 192 g/mol. The van der Waals surface area contributed by atoms with E-state index in [2.05, 4.69) is 28.6 Å². The highest BCUT2D eigenvalue weighted by molar-refractivity contribution is 9.10. The van der Waals surface area contributed by atoms with Gasteiger partial charge in [0.15, 0.2) is 0 Å². The summed E-state index contributed by atoms with van der Waals surface area (Å²) in [7, 11) is 0. The van der Waals surface area contributed by atoms with Gasteiger partial charge in [-0.3, -0.25) is 0 Å². The second-order valence-electron chi connectivity index (χ2n) is 1.07. The number of rotatable bonds is 0. The van der Waals surface area contributed by atoms with Crippen LogP contribution in [0.2, 0.25) is 0 Å². The Morgan fingerprint density at radius 3 is 2.57 bits per heavy atom. The van der Waals surface area contributed by atoms with Crippen LogP contribution in [0.15, 0.2) is 20.1 Å². The quantitative estimate of drug-likeness (QED) is 0.604. The van der Waals surface area contributed by atoms with Gasteiger partial charge in [0.05, 0.1) is 4.21 Å². The summed E-state index contributed by atoms with van der Waals surface area (Å²) in [5.74, 6) is 0. The van der Waals surface area contributed by atoms with Gasteiger partial charge in [0.25, 0.3) is 0 Å². The van der Waals surface area contributed by atoms with E-state index in [4.69, 9.17) is 0 Å². The van der Waals surface area contributed by atoms with E-state index in [1.54, 1.807) is 11.3 Å². The molecule has 38 valence electrons. The Hall–Kier alpha value is 0.530. The van der Waals surface area contributed by atoms with Gasteiger partial charge in [0, 0.05) is 4.47 Å². The molecule has 0 N–H and O–H groups in total. The van der Waals surface area contributed by atoms with Gasteiger partial charge in [-0.1, -0.05) is 0 Å². The van der Waals surface area contributed by atoms with Crippen molar-refractivity contribution in [3.05, 3.63) is 15.9 Å². The van der Waals surface area contributed by atoms with Crippen molar-refractivity contribution in [2.24, 2.45) is 0 Å². The van der Waals surface area contributed by atoms with Crippen LogP contribution in [0.5, 0.6) is 0 Å². The van der Waals surface area contributed by atoms with Gasteiger partial charge in [-0.05, 0) is 27.4 Å². The molecule has 0 spiro atoms. The SMILES string of the molecule is Sc1sccc1Br. The number of thiol groups is 1. The Kier molecular flexibility index (Phi) is 1.78. The molecule has 0 radical (unpaired) electrons. The predicted molar refractivity (Wildman–Crippen MR) is 39.3 cm³/mol. The molecule has 0 aliphatic carbocycles. The highest BCUT2D eigenvalue weighted by Gasteiger charge is 1.90. The fourth-order valence-electron chi connectivity index (χ4n) is 0.286. The summed E-state index contributed by atoms with van der Waals surface area (Å²) in [6, 6.07) is 1.98. The summed E-state index contributed by atoms with van der Waals surface area (Å²) in [6.07, 6.45) is 0. The van der Waals surface area contributed by atoms with E-state index < -0.39 is 0 Å². The molecule has 0 saturated heterocycles. The van der Waals surface area contributed by atoms with Crippen molar-refractivity contribution in [1.82, 2.24) is 0 Å². The molecule has 1 aromatic rings. The molecule has 7 heavy (non-hydrogen) atoms. The lowest BCUT2D eigenvalue weighted by Crippen LogP contribution is -1.45. The lowest BCUT2D eigenvalue weighted by atomic mass is 10.7. The highest BCUT2D eigenvalue weighted by Crippen LogP contribution is 2.25. The van der Waals surface area contributed by atoms with Gasteiger partial charge in [-0.2, -0.15) is 0 Å². The summed E-state index contributed by atoms with van der Waals surface area (Å²) >= 11 is 9.04. The van der Waals surface area contributed by atoms with Crippen molar-refractivity contribution < 1.29 is 0 Å². The minimum absolute atomic E-state index is 1.04. The van der Waals surface area contributed by atoms with E-state index in [0.717, 1.165) is 8.68 Å². The summed E-state index contributed by atoms with van der Waals surface area (Å²) in [4.78, 5) is 0. The fraction of sp³-hybridized carbons (Fsp3) is 0. The minimum atomic E-state index is 1.04. The number of halogens is 1. The lowest BCUT2D eigenvalue weighted by molar-refractivity contribution is 1.66. The first kappa shape index (κ1) is 5.66. The third-order valence-electron chi connectivity index (χ3n) is 0.598. The Balaban J connectivity index is 3.12. The number of hydrogen-bond donors (Lipinski definition) is 1. The van der Waals surface area contributed by atoms with Crippen LogP contribution in [0.3, 0.4) is 0 Å². The Bertz CT molecular complexity index is 142. The van der Waals surface area contributed by atoms with Crippen LogP contribution in [0, 0.1) is 0 Å². The first-order valence-electron chi connectivity index (χ1n) is 1.72. The second-order valence-corrected chi connectivity index (χ2v) is 3.59. The average Bonchev–Trinajstić information content (AvgIpc) is 1.91. The maximum atomic E-state index is 4.12. The van der Waals surface area contributed by atoms with Crippen LogP contribution < -0.4 is 0 Å². The average molecular weight is 195 g/mol. The van der Waals surface area contributed by atoms with E-state index in [-0.39, 0.29) is 0 Å². The van der Waals surface area contributed by atoms with E-state index in [9.17, 15) is 0 Å². The van der Waals surface area contributed by atoms with Gasteiger partial charge >= 0.3 is 0 Å². The molecule has 1 heterocycles. The van der Waals surface area contributed by atoms with Gasteiger partial charge in [0.1, 0.15) is 0 Å². The predicted octanol–water partition coefficient (Wildman–Crippen LogP) is 2.80. The molecular formula is C4H3BrS2. The van der Waals surface area contributed by atoms with Crippen molar-refractivity contribution in [2.45, 2.75) is 4.21 Å². The van der Waals surface area contributed by atoms with Crippen molar-refractivity contribution in [3.63, 3.8) is 0 Å². The van der Waals surface area contributed by atoms with E-state index in [1.165, 1.54) is 0 Å². The maximum Gasteiger partial charge on any atom is 0.0710 e. The summed E-state index contributed by atoms with van der Waals surface area (Å²) in [5, 5.41) is 1.99. The largest absolute Gasteiger partial charge is 0.136 e. The van der Waals surface area contributed by atoms with Crippen LogP contribution in [0.1, 0.15) is 0 Å². The Labute approximate surface area is 60.1 Å². The van der Waals surface area contributed by atoms with Crippen molar-refractivity contribution in [2.75, 3.05) is 0 Å². The second kappa shape index (κ2) is 2.20. The zero-order chi connectivity index (χ0) is 5.28. The monoisotopic (exact) mass is 194 g/mol. The van der Waals surface area contributed by atoms with E-state index in [0.29, 0.717) is 0 Å². The maximum absolute atomic E-state index is 4.12. The third kappa shape index (κ3) is 1.21. The van der Waals surface area contributed by atoms with Crippen LogP contribution in [-0.4, -0.2) is 0 Å². The molecule has 1 rings (SSSR count). The third-order valence-corrected chi connectivity index (χ3v) is 3.10. The van der Waals surface area contributed by atoms with Crippen LogP contribution in [0.25, 0.3) is 0 Å². The molecule has 0 aliphatic heterocycles. The fourth-order valence-corrected chi connectivity index (χ4v) is 1.64. The lowest BCUT2D eigenvalue weighted by Gasteiger charge is -1.76. The molecule has 0 bridgehead atoms. The van der Waals surface area contributed by atoms with Gasteiger partial charge in [0.2, 0.25) is 0 Å². The normalized spacial score (nSPS) is 9.43. The van der Waals surface area contributed by atoms with E-state index >= 15 is 0 Å². The number of thiophene rings is 1. The van der Waals surface area contributed by atoms with Crippen molar-refractivity contribution in [3.8, 4) is 0 Å². The van der Waals surface area contributed by atoms with Gasteiger partial charge < -0.3 is 0 Å². The minimum Gasteiger partial charge on any atom is -0.136 e. The molecule has 3 heteroatoms. The zero-order valence-electron chi connectivity index (χ0n) is 3.39. The topological polar surface area (TPSA) is 0 Å². The van der Waals surface area contributed by atoms with Crippen molar-refractivity contribution in [1.29, 1.82) is 0 Å². The number of hydrogen-bond acceptors (Lipinski definition) is 2. The van der Waals surface area contributed by atoms with Gasteiger partial charge in [-0.25, -0.2) is 0 Å². The molecule has 0 nitrogen and oxygen atoms in total.